The van der Waals surface area contributed by atoms with Crippen molar-refractivity contribution < 1.29 is 4.52 Å². The van der Waals surface area contributed by atoms with Gasteiger partial charge in [0, 0.05) is 0 Å². The summed E-state index contributed by atoms with van der Waals surface area (Å²) in [6.07, 6.45) is 0.957. The maximum atomic E-state index is 5.17. The van der Waals surface area contributed by atoms with Crippen LogP contribution in [0.5, 0.6) is 0 Å². The van der Waals surface area contributed by atoms with E-state index in [4.69, 9.17) is 4.52 Å². The van der Waals surface area contributed by atoms with Crippen LogP contribution in [0, 0.1) is 0 Å². The van der Waals surface area contributed by atoms with Crippen LogP contribution in [-0.4, -0.2) is 22.9 Å². The Morgan fingerprint density at radius 3 is 2.86 bits per heavy atom. The molecular formula is C9H17N3OS. The minimum absolute atomic E-state index is 0.183. The summed E-state index contributed by atoms with van der Waals surface area (Å²) in [5.74, 6) is 3.40. The summed E-state index contributed by atoms with van der Waals surface area (Å²) >= 11 is 1.80. The van der Waals surface area contributed by atoms with Crippen molar-refractivity contribution in [3.8, 4) is 0 Å². The lowest BCUT2D eigenvalue weighted by molar-refractivity contribution is 0.332. The SMILES string of the molecule is CCSCc1noc(C(CC)NC)n1. The molecule has 80 valence electrons. The van der Waals surface area contributed by atoms with Crippen molar-refractivity contribution in [3.63, 3.8) is 0 Å². The van der Waals surface area contributed by atoms with Gasteiger partial charge >= 0.3 is 0 Å². The lowest BCUT2D eigenvalue weighted by Crippen LogP contribution is -2.15. The molecule has 1 rings (SSSR count). The van der Waals surface area contributed by atoms with Gasteiger partial charge in [-0.3, -0.25) is 0 Å². The second-order valence-corrected chi connectivity index (χ2v) is 4.21. The predicted molar refractivity (Wildman–Crippen MR) is 58.2 cm³/mol. The van der Waals surface area contributed by atoms with Crippen LogP contribution in [0.2, 0.25) is 0 Å². The molecule has 0 amide bonds. The first-order valence-corrected chi connectivity index (χ1v) is 6.04. The van der Waals surface area contributed by atoms with Crippen LogP contribution in [0.4, 0.5) is 0 Å². The van der Waals surface area contributed by atoms with E-state index in [2.05, 4.69) is 29.3 Å². The average molecular weight is 215 g/mol. The van der Waals surface area contributed by atoms with E-state index in [0.29, 0.717) is 5.89 Å². The standard InChI is InChI=1S/C9H17N3OS/c1-4-7(10-3)9-11-8(12-13-9)6-14-5-2/h7,10H,4-6H2,1-3H3. The second-order valence-electron chi connectivity index (χ2n) is 2.94. The van der Waals surface area contributed by atoms with E-state index in [1.165, 1.54) is 0 Å². The first-order valence-electron chi connectivity index (χ1n) is 4.89. The quantitative estimate of drug-likeness (QED) is 0.786. The minimum atomic E-state index is 0.183. The molecule has 1 aromatic rings. The van der Waals surface area contributed by atoms with Crippen LogP contribution in [0.1, 0.15) is 38.0 Å². The summed E-state index contributed by atoms with van der Waals surface area (Å²) in [4.78, 5) is 4.33. The molecule has 5 heteroatoms. The molecule has 1 unspecified atom stereocenters. The van der Waals surface area contributed by atoms with Gasteiger partial charge in [-0.1, -0.05) is 19.0 Å². The van der Waals surface area contributed by atoms with Crippen LogP contribution in [-0.2, 0) is 5.75 Å². The zero-order valence-electron chi connectivity index (χ0n) is 8.91. The van der Waals surface area contributed by atoms with Gasteiger partial charge in [0.05, 0.1) is 11.8 Å². The third kappa shape index (κ3) is 2.99. The van der Waals surface area contributed by atoms with Crippen LogP contribution in [0.3, 0.4) is 0 Å². The molecule has 0 aliphatic rings. The minimum Gasteiger partial charge on any atom is -0.338 e. The number of nitrogens with one attached hydrogen (secondary N) is 1. The zero-order chi connectivity index (χ0) is 10.4. The van der Waals surface area contributed by atoms with Crippen molar-refractivity contribution in [2.75, 3.05) is 12.8 Å². The summed E-state index contributed by atoms with van der Waals surface area (Å²) in [5, 5.41) is 7.06. The van der Waals surface area contributed by atoms with Crippen LogP contribution >= 0.6 is 11.8 Å². The Morgan fingerprint density at radius 1 is 1.50 bits per heavy atom. The number of rotatable bonds is 6. The molecule has 0 bridgehead atoms. The van der Waals surface area contributed by atoms with E-state index in [1.807, 2.05) is 7.05 Å². The highest BCUT2D eigenvalue weighted by molar-refractivity contribution is 7.98. The summed E-state index contributed by atoms with van der Waals surface area (Å²) in [7, 11) is 1.90. The Hall–Kier alpha value is -0.550. The number of aromatic nitrogens is 2. The summed E-state index contributed by atoms with van der Waals surface area (Å²) < 4.78 is 5.17. The third-order valence-corrected chi connectivity index (χ3v) is 2.84. The van der Waals surface area contributed by atoms with E-state index in [9.17, 15) is 0 Å². The molecule has 0 spiro atoms. The molecule has 0 radical (unpaired) electrons. The molecule has 1 N–H and O–H groups in total. The number of hydrogen-bond donors (Lipinski definition) is 1. The Balaban J connectivity index is 2.57. The maximum absolute atomic E-state index is 5.17. The highest BCUT2D eigenvalue weighted by atomic mass is 32.2. The van der Waals surface area contributed by atoms with Gasteiger partial charge in [-0.05, 0) is 19.2 Å². The van der Waals surface area contributed by atoms with Crippen molar-refractivity contribution in [1.29, 1.82) is 0 Å². The summed E-state index contributed by atoms with van der Waals surface area (Å²) in [6, 6.07) is 0.183. The fourth-order valence-corrected chi connectivity index (χ4v) is 1.67. The van der Waals surface area contributed by atoms with E-state index in [1.54, 1.807) is 11.8 Å². The lowest BCUT2D eigenvalue weighted by atomic mass is 10.2. The van der Waals surface area contributed by atoms with Gasteiger partial charge in [0.15, 0.2) is 5.82 Å². The highest BCUT2D eigenvalue weighted by Gasteiger charge is 2.14. The second kappa shape index (κ2) is 6.03. The van der Waals surface area contributed by atoms with Crippen LogP contribution in [0.25, 0.3) is 0 Å². The van der Waals surface area contributed by atoms with Crippen molar-refractivity contribution in [2.45, 2.75) is 32.1 Å². The Morgan fingerprint density at radius 2 is 2.29 bits per heavy atom. The molecule has 1 heterocycles. The molecule has 0 saturated carbocycles. The van der Waals surface area contributed by atoms with Gasteiger partial charge in [-0.15, -0.1) is 0 Å². The first-order chi connectivity index (χ1) is 6.81. The summed E-state index contributed by atoms with van der Waals surface area (Å²) in [5.41, 5.74) is 0. The van der Waals surface area contributed by atoms with Gasteiger partial charge in [-0.2, -0.15) is 16.7 Å². The summed E-state index contributed by atoms with van der Waals surface area (Å²) in [6.45, 7) is 4.21. The molecule has 1 atom stereocenters. The molecule has 4 nitrogen and oxygen atoms in total. The largest absolute Gasteiger partial charge is 0.338 e. The van der Waals surface area contributed by atoms with Gasteiger partial charge < -0.3 is 9.84 Å². The van der Waals surface area contributed by atoms with Gasteiger partial charge in [-0.25, -0.2) is 0 Å². The smallest absolute Gasteiger partial charge is 0.243 e. The van der Waals surface area contributed by atoms with Crippen LogP contribution in [0.15, 0.2) is 4.52 Å². The Bertz CT molecular complexity index is 260. The molecule has 0 saturated heterocycles. The highest BCUT2D eigenvalue weighted by Crippen LogP contribution is 2.15. The van der Waals surface area contributed by atoms with Crippen molar-refractivity contribution in [1.82, 2.24) is 15.5 Å². The van der Waals surface area contributed by atoms with Crippen molar-refractivity contribution in [3.05, 3.63) is 11.7 Å². The zero-order valence-corrected chi connectivity index (χ0v) is 9.73. The van der Waals surface area contributed by atoms with Crippen molar-refractivity contribution in [2.24, 2.45) is 0 Å². The van der Waals surface area contributed by atoms with E-state index in [0.717, 1.165) is 23.8 Å². The monoisotopic (exact) mass is 215 g/mol. The van der Waals surface area contributed by atoms with Gasteiger partial charge in [0.1, 0.15) is 0 Å². The number of thioether (sulfide) groups is 1. The van der Waals surface area contributed by atoms with E-state index in [-0.39, 0.29) is 6.04 Å². The average Bonchev–Trinajstić information content (AvgIpc) is 2.65. The Labute approximate surface area is 88.8 Å². The first kappa shape index (κ1) is 11.5. The number of hydrogen-bond acceptors (Lipinski definition) is 5. The molecule has 0 aliphatic carbocycles. The maximum Gasteiger partial charge on any atom is 0.243 e. The van der Waals surface area contributed by atoms with Crippen molar-refractivity contribution >= 4 is 11.8 Å². The normalized spacial score (nSPS) is 13.1. The topological polar surface area (TPSA) is 51.0 Å². The molecule has 14 heavy (non-hydrogen) atoms. The fraction of sp³-hybridized carbons (Fsp3) is 0.778. The number of nitrogens with zero attached hydrogens (tertiary/aromatic N) is 2. The van der Waals surface area contributed by atoms with E-state index < -0.39 is 0 Å². The van der Waals surface area contributed by atoms with Crippen LogP contribution < -0.4 is 5.32 Å². The molecule has 0 fully saturated rings. The van der Waals surface area contributed by atoms with Gasteiger partial charge in [0.2, 0.25) is 5.89 Å². The molecular weight excluding hydrogens is 198 g/mol. The Kier molecular flexibility index (Phi) is 4.97. The lowest BCUT2D eigenvalue weighted by Gasteiger charge is -2.06. The van der Waals surface area contributed by atoms with E-state index >= 15 is 0 Å². The molecule has 1 aromatic heterocycles. The molecule has 0 aromatic carbocycles. The fourth-order valence-electron chi connectivity index (χ4n) is 1.16. The third-order valence-electron chi connectivity index (χ3n) is 1.97. The predicted octanol–water partition coefficient (Wildman–Crippen LogP) is 1.99. The van der Waals surface area contributed by atoms with Gasteiger partial charge in [0.25, 0.3) is 0 Å². The molecule has 0 aliphatic heterocycles.